The molecule has 1 amide bonds. The van der Waals surface area contributed by atoms with Crippen molar-refractivity contribution in [2.24, 2.45) is 0 Å². The van der Waals surface area contributed by atoms with E-state index in [-0.39, 0.29) is 17.3 Å². The van der Waals surface area contributed by atoms with Crippen molar-refractivity contribution < 1.29 is 26.9 Å². The number of carbonyl (C=O) groups excluding carboxylic acids is 1. The van der Waals surface area contributed by atoms with Gasteiger partial charge in [0.15, 0.2) is 11.3 Å². The molecule has 0 fully saturated rings. The summed E-state index contributed by atoms with van der Waals surface area (Å²) >= 11 is 0. The highest BCUT2D eigenvalue weighted by atomic mass is 32.2. The van der Waals surface area contributed by atoms with Gasteiger partial charge in [0.25, 0.3) is 5.91 Å². The molecule has 3 rings (SSSR count). The molecule has 0 radical (unpaired) electrons. The van der Waals surface area contributed by atoms with Crippen LogP contribution in [0.15, 0.2) is 38.2 Å². The summed E-state index contributed by atoms with van der Waals surface area (Å²) in [5.41, 5.74) is 0.606. The number of sulfonamides is 1. The second-order valence-electron chi connectivity index (χ2n) is 6.15. The molecule has 150 valence electrons. The molecule has 0 saturated carbocycles. The quantitative estimate of drug-likeness (QED) is 0.617. The smallest absolute Gasteiger partial charge is 0.257 e. The molecular formula is C18H21N3O6S. The van der Waals surface area contributed by atoms with Gasteiger partial charge < -0.3 is 19.0 Å². The van der Waals surface area contributed by atoms with E-state index in [4.69, 9.17) is 13.7 Å². The second-order valence-corrected chi connectivity index (χ2v) is 7.89. The number of amides is 1. The molecule has 0 aliphatic carbocycles. The van der Waals surface area contributed by atoms with Crippen LogP contribution >= 0.6 is 0 Å². The van der Waals surface area contributed by atoms with Gasteiger partial charge >= 0.3 is 0 Å². The number of nitrogens with zero attached hydrogens (tertiary/aromatic N) is 1. The summed E-state index contributed by atoms with van der Waals surface area (Å²) < 4.78 is 43.5. The molecule has 1 atom stereocenters. The van der Waals surface area contributed by atoms with E-state index in [1.165, 1.54) is 25.4 Å². The average molecular weight is 407 g/mol. The summed E-state index contributed by atoms with van der Waals surface area (Å²) in [5.74, 6) is 0.800. The number of benzene rings is 1. The largest absolute Gasteiger partial charge is 0.493 e. The van der Waals surface area contributed by atoms with Crippen LogP contribution in [0.5, 0.6) is 5.75 Å². The van der Waals surface area contributed by atoms with Crippen LogP contribution in [0.3, 0.4) is 0 Å². The van der Waals surface area contributed by atoms with Gasteiger partial charge in [-0.2, -0.15) is 0 Å². The molecule has 2 N–H and O–H groups in total. The van der Waals surface area contributed by atoms with E-state index >= 15 is 0 Å². The van der Waals surface area contributed by atoms with Gasteiger partial charge in [-0.15, -0.1) is 0 Å². The molecule has 0 bridgehead atoms. The minimum atomic E-state index is -3.71. The van der Waals surface area contributed by atoms with E-state index < -0.39 is 16.1 Å². The molecule has 10 heteroatoms. The van der Waals surface area contributed by atoms with Crippen molar-refractivity contribution in [2.45, 2.75) is 31.7 Å². The number of rotatable bonds is 7. The maximum Gasteiger partial charge on any atom is 0.257 e. The van der Waals surface area contributed by atoms with Crippen LogP contribution in [-0.2, 0) is 10.0 Å². The van der Waals surface area contributed by atoms with Crippen molar-refractivity contribution in [1.29, 1.82) is 0 Å². The first kappa shape index (κ1) is 19.9. The summed E-state index contributed by atoms with van der Waals surface area (Å²) in [4.78, 5) is 12.5. The number of furan rings is 1. The number of carbonyl (C=O) groups is 1. The van der Waals surface area contributed by atoms with Gasteiger partial charge in [0, 0.05) is 11.9 Å². The molecule has 9 nitrogen and oxygen atoms in total. The van der Waals surface area contributed by atoms with Crippen LogP contribution in [0.1, 0.15) is 41.8 Å². The molecule has 0 aliphatic rings. The third-order valence-corrected chi connectivity index (χ3v) is 5.84. The lowest BCUT2D eigenvalue weighted by Gasteiger charge is -2.10. The van der Waals surface area contributed by atoms with Crippen LogP contribution in [-0.4, -0.2) is 33.1 Å². The SMILES string of the molecule is CCNS(=O)(=O)c1ccc(OC)c2oc(C(C)NC(=O)c3cnoc3C)cc12. The monoisotopic (exact) mass is 407 g/mol. The van der Waals surface area contributed by atoms with E-state index in [1.54, 1.807) is 26.8 Å². The van der Waals surface area contributed by atoms with Crippen LogP contribution in [0.2, 0.25) is 0 Å². The molecule has 28 heavy (non-hydrogen) atoms. The Labute approximate surface area is 162 Å². The fourth-order valence-corrected chi connectivity index (χ4v) is 4.06. The normalized spacial score (nSPS) is 12.9. The summed E-state index contributed by atoms with van der Waals surface area (Å²) in [7, 11) is -2.24. The van der Waals surface area contributed by atoms with Gasteiger partial charge in [0.05, 0.1) is 24.2 Å². The van der Waals surface area contributed by atoms with Crippen molar-refractivity contribution in [2.75, 3.05) is 13.7 Å². The maximum absolute atomic E-state index is 12.5. The molecule has 1 unspecified atom stereocenters. The summed E-state index contributed by atoms with van der Waals surface area (Å²) in [6.45, 7) is 5.31. The van der Waals surface area contributed by atoms with Gasteiger partial charge in [-0.3, -0.25) is 4.79 Å². The Bertz CT molecular complexity index is 1120. The number of methoxy groups -OCH3 is 1. The number of ether oxygens (including phenoxy) is 1. The minimum absolute atomic E-state index is 0.0774. The number of aryl methyl sites for hydroxylation is 1. The number of hydrogen-bond donors (Lipinski definition) is 2. The van der Waals surface area contributed by atoms with Gasteiger partial charge in [-0.1, -0.05) is 12.1 Å². The summed E-state index contributed by atoms with van der Waals surface area (Å²) in [6.07, 6.45) is 1.33. The lowest BCUT2D eigenvalue weighted by molar-refractivity contribution is 0.0934. The molecule has 1 aromatic carbocycles. The first-order chi connectivity index (χ1) is 13.3. The second kappa shape index (κ2) is 7.64. The number of nitrogens with one attached hydrogen (secondary N) is 2. The molecule has 0 aliphatic heterocycles. The first-order valence-electron chi connectivity index (χ1n) is 8.60. The van der Waals surface area contributed by atoms with Crippen LogP contribution in [0, 0.1) is 6.92 Å². The molecule has 2 heterocycles. The van der Waals surface area contributed by atoms with Gasteiger partial charge in [-0.25, -0.2) is 13.1 Å². The van der Waals surface area contributed by atoms with Gasteiger partial charge in [0.1, 0.15) is 17.1 Å². The predicted octanol–water partition coefficient (Wildman–Crippen LogP) is 2.53. The number of fused-ring (bicyclic) bond motifs is 1. The van der Waals surface area contributed by atoms with E-state index in [1.807, 2.05) is 0 Å². The van der Waals surface area contributed by atoms with Crippen molar-refractivity contribution in [3.05, 3.63) is 41.5 Å². The van der Waals surface area contributed by atoms with Crippen molar-refractivity contribution in [3.8, 4) is 5.75 Å². The average Bonchev–Trinajstić information content (AvgIpc) is 3.27. The zero-order valence-electron chi connectivity index (χ0n) is 15.9. The lowest BCUT2D eigenvalue weighted by atomic mass is 10.2. The Hall–Kier alpha value is -2.85. The molecule has 0 spiro atoms. The molecule has 3 aromatic rings. The molecular weight excluding hydrogens is 386 g/mol. The Morgan fingerprint density at radius 1 is 1.36 bits per heavy atom. The maximum atomic E-state index is 12.5. The Balaban J connectivity index is 2.00. The van der Waals surface area contributed by atoms with E-state index in [2.05, 4.69) is 15.2 Å². The number of hydrogen-bond acceptors (Lipinski definition) is 7. The van der Waals surface area contributed by atoms with E-state index in [0.29, 0.717) is 33.8 Å². The van der Waals surface area contributed by atoms with Crippen molar-refractivity contribution >= 4 is 26.9 Å². The standard InChI is InChI=1S/C18H21N3O6S/c1-5-20-28(23,24)16-7-6-14(25-4)17-12(16)8-15(26-17)10(2)21-18(22)13-9-19-27-11(13)3/h6-10,20H,5H2,1-4H3,(H,21,22). The highest BCUT2D eigenvalue weighted by molar-refractivity contribution is 7.89. The van der Waals surface area contributed by atoms with E-state index in [0.717, 1.165) is 0 Å². The van der Waals surface area contributed by atoms with Crippen molar-refractivity contribution in [3.63, 3.8) is 0 Å². The fraction of sp³-hybridized carbons (Fsp3) is 0.333. The Morgan fingerprint density at radius 3 is 2.71 bits per heavy atom. The fourth-order valence-electron chi connectivity index (χ4n) is 2.83. The van der Waals surface area contributed by atoms with E-state index in [9.17, 15) is 13.2 Å². The summed E-state index contributed by atoms with van der Waals surface area (Å²) in [5, 5.41) is 6.74. The topological polar surface area (TPSA) is 124 Å². The highest BCUT2D eigenvalue weighted by Crippen LogP contribution is 2.35. The molecule has 0 saturated heterocycles. The zero-order chi connectivity index (χ0) is 20.5. The van der Waals surface area contributed by atoms with Crippen LogP contribution in [0.25, 0.3) is 11.0 Å². The molecule has 2 aromatic heterocycles. The van der Waals surface area contributed by atoms with Gasteiger partial charge in [0.2, 0.25) is 10.0 Å². The summed E-state index contributed by atoms with van der Waals surface area (Å²) in [6, 6.07) is 4.05. The van der Waals surface area contributed by atoms with Gasteiger partial charge in [-0.05, 0) is 32.0 Å². The third-order valence-electron chi connectivity index (χ3n) is 4.24. The highest BCUT2D eigenvalue weighted by Gasteiger charge is 2.24. The zero-order valence-corrected chi connectivity index (χ0v) is 16.7. The lowest BCUT2D eigenvalue weighted by Crippen LogP contribution is -2.26. The Morgan fingerprint density at radius 2 is 2.11 bits per heavy atom. The van der Waals surface area contributed by atoms with Crippen LogP contribution < -0.4 is 14.8 Å². The first-order valence-corrected chi connectivity index (χ1v) is 10.1. The van der Waals surface area contributed by atoms with Crippen molar-refractivity contribution in [1.82, 2.24) is 15.2 Å². The third kappa shape index (κ3) is 3.60. The number of aromatic nitrogens is 1. The van der Waals surface area contributed by atoms with Crippen LogP contribution in [0.4, 0.5) is 0 Å². The Kier molecular flexibility index (Phi) is 5.43. The minimum Gasteiger partial charge on any atom is -0.493 e. The predicted molar refractivity (Wildman–Crippen MR) is 101 cm³/mol.